The summed E-state index contributed by atoms with van der Waals surface area (Å²) in [6.45, 7) is 2.89. The lowest BCUT2D eigenvalue weighted by atomic mass is 9.96. The number of fused-ring (bicyclic) bond motifs is 1. The number of nitrogens with zero attached hydrogens (tertiary/aromatic N) is 5. The van der Waals surface area contributed by atoms with Gasteiger partial charge in [0, 0.05) is 45.8 Å². The molecule has 1 aliphatic carbocycles. The standard InChI is InChI=1S/C18H25N5O/c1-21-8-7-15-16(21)19-12-20-17(15)23-9-5-13(6-10-23)11-22(2)18(24)14-3-4-14/h7-8,12-14H,3-6,9-11H2,1-2H3. The molecule has 0 spiro atoms. The summed E-state index contributed by atoms with van der Waals surface area (Å²) in [7, 11) is 3.98. The van der Waals surface area contributed by atoms with E-state index in [1.807, 2.05) is 29.8 Å². The van der Waals surface area contributed by atoms with Crippen molar-refractivity contribution in [1.29, 1.82) is 0 Å². The average Bonchev–Trinajstić information content (AvgIpc) is 3.38. The van der Waals surface area contributed by atoms with E-state index in [9.17, 15) is 4.79 Å². The summed E-state index contributed by atoms with van der Waals surface area (Å²) in [5.74, 6) is 2.31. The van der Waals surface area contributed by atoms with Gasteiger partial charge in [-0.3, -0.25) is 4.79 Å². The summed E-state index contributed by atoms with van der Waals surface area (Å²) in [6.07, 6.45) is 8.09. The Labute approximate surface area is 142 Å². The van der Waals surface area contributed by atoms with Crippen LogP contribution in [0.3, 0.4) is 0 Å². The van der Waals surface area contributed by atoms with Gasteiger partial charge in [0.2, 0.25) is 5.91 Å². The van der Waals surface area contributed by atoms with Crippen LogP contribution in [0.4, 0.5) is 5.82 Å². The van der Waals surface area contributed by atoms with E-state index in [1.54, 1.807) is 6.33 Å². The summed E-state index contributed by atoms with van der Waals surface area (Å²) in [5.41, 5.74) is 0.983. The minimum atomic E-state index is 0.322. The third kappa shape index (κ3) is 2.85. The number of carbonyl (C=O) groups excluding carboxylic acids is 1. The number of aryl methyl sites for hydroxylation is 1. The first-order valence-electron chi connectivity index (χ1n) is 8.89. The van der Waals surface area contributed by atoms with Crippen LogP contribution in [0.1, 0.15) is 25.7 Å². The van der Waals surface area contributed by atoms with Crippen molar-refractivity contribution in [1.82, 2.24) is 19.4 Å². The van der Waals surface area contributed by atoms with Gasteiger partial charge in [-0.2, -0.15) is 0 Å². The Kier molecular flexibility index (Phi) is 3.90. The molecule has 0 N–H and O–H groups in total. The van der Waals surface area contributed by atoms with Gasteiger partial charge in [-0.1, -0.05) is 0 Å². The number of anilines is 1. The van der Waals surface area contributed by atoms with Gasteiger partial charge in [0.05, 0.1) is 5.39 Å². The van der Waals surface area contributed by atoms with Gasteiger partial charge in [0.15, 0.2) is 0 Å². The Balaban J connectivity index is 1.39. The molecule has 2 aromatic heterocycles. The smallest absolute Gasteiger partial charge is 0.225 e. The van der Waals surface area contributed by atoms with Gasteiger partial charge in [0.25, 0.3) is 0 Å². The van der Waals surface area contributed by atoms with Crippen LogP contribution in [0.25, 0.3) is 11.0 Å². The molecule has 0 radical (unpaired) electrons. The van der Waals surface area contributed by atoms with Gasteiger partial charge in [-0.25, -0.2) is 9.97 Å². The summed E-state index contributed by atoms with van der Waals surface area (Å²) >= 11 is 0. The number of hydrogen-bond acceptors (Lipinski definition) is 4. The fourth-order valence-corrected chi connectivity index (χ4v) is 3.76. The third-order valence-electron chi connectivity index (χ3n) is 5.39. The summed E-state index contributed by atoms with van der Waals surface area (Å²) < 4.78 is 2.03. The van der Waals surface area contributed by atoms with Gasteiger partial charge in [-0.15, -0.1) is 0 Å². The molecule has 1 saturated carbocycles. The SMILES string of the molecule is CN(CC1CCN(c2ncnc3c2ccn3C)CC1)C(=O)C1CC1. The van der Waals surface area contributed by atoms with Crippen LogP contribution >= 0.6 is 0 Å². The zero-order valence-corrected chi connectivity index (χ0v) is 14.5. The quantitative estimate of drug-likeness (QED) is 0.862. The Morgan fingerprint density at radius 1 is 1.25 bits per heavy atom. The monoisotopic (exact) mass is 327 g/mol. The Bertz CT molecular complexity index is 743. The highest BCUT2D eigenvalue weighted by atomic mass is 16.2. The minimum absolute atomic E-state index is 0.322. The fourth-order valence-electron chi connectivity index (χ4n) is 3.76. The van der Waals surface area contributed by atoms with Gasteiger partial charge in [0.1, 0.15) is 17.8 Å². The van der Waals surface area contributed by atoms with Gasteiger partial charge >= 0.3 is 0 Å². The van der Waals surface area contributed by atoms with E-state index in [0.717, 1.165) is 62.2 Å². The van der Waals surface area contributed by atoms with Crippen LogP contribution in [0, 0.1) is 11.8 Å². The molecule has 3 heterocycles. The number of piperidine rings is 1. The third-order valence-corrected chi connectivity index (χ3v) is 5.39. The van der Waals surface area contributed by atoms with Crippen molar-refractivity contribution in [3.05, 3.63) is 18.6 Å². The lowest BCUT2D eigenvalue weighted by molar-refractivity contribution is -0.131. The van der Waals surface area contributed by atoms with E-state index < -0.39 is 0 Å². The van der Waals surface area contributed by atoms with Crippen molar-refractivity contribution in [3.63, 3.8) is 0 Å². The van der Waals surface area contributed by atoms with Crippen molar-refractivity contribution in [2.45, 2.75) is 25.7 Å². The molecule has 128 valence electrons. The van der Waals surface area contributed by atoms with E-state index in [4.69, 9.17) is 0 Å². The molecule has 0 bridgehead atoms. The van der Waals surface area contributed by atoms with Crippen LogP contribution in [0.5, 0.6) is 0 Å². The van der Waals surface area contributed by atoms with Crippen LogP contribution in [-0.2, 0) is 11.8 Å². The van der Waals surface area contributed by atoms with E-state index >= 15 is 0 Å². The van der Waals surface area contributed by atoms with Crippen LogP contribution in [0.15, 0.2) is 18.6 Å². The first-order chi connectivity index (χ1) is 11.6. The predicted molar refractivity (Wildman–Crippen MR) is 93.8 cm³/mol. The zero-order valence-electron chi connectivity index (χ0n) is 14.5. The maximum atomic E-state index is 12.1. The van der Waals surface area contributed by atoms with Crippen molar-refractivity contribution < 1.29 is 4.79 Å². The lowest BCUT2D eigenvalue weighted by Gasteiger charge is -2.34. The maximum Gasteiger partial charge on any atom is 0.225 e. The van der Waals surface area contributed by atoms with Crippen LogP contribution < -0.4 is 4.90 Å². The molecule has 0 unspecified atom stereocenters. The number of rotatable bonds is 4. The first kappa shape index (κ1) is 15.4. The molecule has 2 aliphatic rings. The van der Waals surface area contributed by atoms with E-state index in [1.165, 1.54) is 0 Å². The molecule has 2 aromatic rings. The summed E-state index contributed by atoms with van der Waals surface area (Å²) in [5, 5.41) is 1.12. The molecule has 24 heavy (non-hydrogen) atoms. The normalized spacial score (nSPS) is 19.0. The predicted octanol–water partition coefficient (Wildman–Crippen LogP) is 2.05. The van der Waals surface area contributed by atoms with Crippen molar-refractivity contribution in [2.75, 3.05) is 31.6 Å². The number of aromatic nitrogens is 3. The van der Waals surface area contributed by atoms with E-state index in [0.29, 0.717) is 17.7 Å². The van der Waals surface area contributed by atoms with Crippen molar-refractivity contribution in [2.24, 2.45) is 18.9 Å². The molecule has 4 rings (SSSR count). The maximum absolute atomic E-state index is 12.1. The largest absolute Gasteiger partial charge is 0.356 e. The number of hydrogen-bond donors (Lipinski definition) is 0. The number of carbonyl (C=O) groups is 1. The molecule has 1 saturated heterocycles. The second kappa shape index (κ2) is 6.07. The zero-order chi connectivity index (χ0) is 16.7. The second-order valence-electron chi connectivity index (χ2n) is 7.28. The molecular formula is C18H25N5O. The second-order valence-corrected chi connectivity index (χ2v) is 7.28. The molecule has 0 aromatic carbocycles. The Morgan fingerprint density at radius 3 is 2.71 bits per heavy atom. The molecule has 2 fully saturated rings. The molecule has 6 nitrogen and oxygen atoms in total. The highest BCUT2D eigenvalue weighted by Gasteiger charge is 2.33. The molecule has 6 heteroatoms. The van der Waals surface area contributed by atoms with E-state index in [-0.39, 0.29) is 0 Å². The summed E-state index contributed by atoms with van der Waals surface area (Å²) in [6, 6.07) is 2.10. The summed E-state index contributed by atoms with van der Waals surface area (Å²) in [4.78, 5) is 25.3. The fraction of sp³-hybridized carbons (Fsp3) is 0.611. The highest BCUT2D eigenvalue weighted by Crippen LogP contribution is 2.32. The molecule has 1 amide bonds. The molecule has 0 atom stereocenters. The van der Waals surface area contributed by atoms with Gasteiger partial charge in [-0.05, 0) is 37.7 Å². The Hall–Kier alpha value is -2.11. The minimum Gasteiger partial charge on any atom is -0.356 e. The van der Waals surface area contributed by atoms with Crippen LogP contribution in [-0.4, -0.2) is 52.0 Å². The lowest BCUT2D eigenvalue weighted by Crippen LogP contribution is -2.40. The van der Waals surface area contributed by atoms with Crippen molar-refractivity contribution in [3.8, 4) is 0 Å². The van der Waals surface area contributed by atoms with Crippen LogP contribution in [0.2, 0.25) is 0 Å². The van der Waals surface area contributed by atoms with Gasteiger partial charge < -0.3 is 14.4 Å². The van der Waals surface area contributed by atoms with Crippen molar-refractivity contribution >= 4 is 22.8 Å². The van der Waals surface area contributed by atoms with E-state index in [2.05, 4.69) is 20.9 Å². The molecular weight excluding hydrogens is 302 g/mol. The highest BCUT2D eigenvalue weighted by molar-refractivity contribution is 5.87. The average molecular weight is 327 g/mol. The molecule has 1 aliphatic heterocycles. The topological polar surface area (TPSA) is 54.3 Å². The Morgan fingerprint density at radius 2 is 2.00 bits per heavy atom. The number of amides is 1. The first-order valence-corrected chi connectivity index (χ1v) is 8.89.